The summed E-state index contributed by atoms with van der Waals surface area (Å²) in [5.41, 5.74) is 0.610. The van der Waals surface area contributed by atoms with Gasteiger partial charge in [-0.15, -0.1) is 0 Å². The molecule has 0 atom stereocenters. The molecule has 0 aliphatic rings. The van der Waals surface area contributed by atoms with E-state index in [2.05, 4.69) is 0 Å². The Hall–Kier alpha value is -1.54. The fraction of sp³-hybridized carbons (Fsp3) is 0.0833. The highest BCUT2D eigenvalue weighted by atomic mass is 35.5. The minimum Gasteiger partial charge on any atom is -0.469 e. The molecule has 0 N–H and O–H groups in total. The summed E-state index contributed by atoms with van der Waals surface area (Å²) in [6.45, 7) is 0. The molecule has 76 valence electrons. The van der Waals surface area contributed by atoms with Crippen LogP contribution in [-0.4, -0.2) is 5.78 Å². The SMILES string of the molecule is O=C(Cc1ccco1)c1cccc(Cl)c1. The first-order chi connectivity index (χ1) is 7.25. The van der Waals surface area contributed by atoms with Crippen molar-refractivity contribution in [1.29, 1.82) is 0 Å². The Morgan fingerprint density at radius 3 is 2.80 bits per heavy atom. The second kappa shape index (κ2) is 4.32. The fourth-order valence-corrected chi connectivity index (χ4v) is 1.53. The number of halogens is 1. The lowest BCUT2D eigenvalue weighted by Gasteiger charge is -1.99. The second-order valence-corrected chi connectivity index (χ2v) is 3.63. The summed E-state index contributed by atoms with van der Waals surface area (Å²) in [5, 5.41) is 0.570. The van der Waals surface area contributed by atoms with Gasteiger partial charge in [-0.2, -0.15) is 0 Å². The summed E-state index contributed by atoms with van der Waals surface area (Å²) in [6, 6.07) is 10.5. The minimum atomic E-state index is 0.00690. The molecule has 1 heterocycles. The minimum absolute atomic E-state index is 0.00690. The Morgan fingerprint density at radius 2 is 2.13 bits per heavy atom. The summed E-state index contributed by atoms with van der Waals surface area (Å²) >= 11 is 5.80. The van der Waals surface area contributed by atoms with Crippen LogP contribution in [0.3, 0.4) is 0 Å². The van der Waals surface area contributed by atoms with Crippen LogP contribution in [0.15, 0.2) is 47.1 Å². The molecule has 0 bridgehead atoms. The van der Waals surface area contributed by atoms with Gasteiger partial charge >= 0.3 is 0 Å². The van der Waals surface area contributed by atoms with Crippen molar-refractivity contribution in [2.45, 2.75) is 6.42 Å². The van der Waals surface area contributed by atoms with Crippen molar-refractivity contribution in [2.24, 2.45) is 0 Å². The molecule has 1 aromatic heterocycles. The summed E-state index contributed by atoms with van der Waals surface area (Å²) < 4.78 is 5.10. The standard InChI is InChI=1S/C12H9ClO2/c13-10-4-1-3-9(7-10)12(14)8-11-5-2-6-15-11/h1-7H,8H2. The quantitative estimate of drug-likeness (QED) is 0.743. The molecule has 0 amide bonds. The first kappa shape index (κ1) is 9.99. The van der Waals surface area contributed by atoms with Gasteiger partial charge in [0.05, 0.1) is 12.7 Å². The van der Waals surface area contributed by atoms with E-state index in [0.29, 0.717) is 16.3 Å². The van der Waals surface area contributed by atoms with E-state index in [9.17, 15) is 4.79 Å². The summed E-state index contributed by atoms with van der Waals surface area (Å²) in [4.78, 5) is 11.7. The molecule has 2 rings (SSSR count). The first-order valence-electron chi connectivity index (χ1n) is 4.57. The van der Waals surface area contributed by atoms with Crippen molar-refractivity contribution in [3.8, 4) is 0 Å². The summed E-state index contributed by atoms with van der Waals surface area (Å²) in [7, 11) is 0. The van der Waals surface area contributed by atoms with E-state index in [-0.39, 0.29) is 12.2 Å². The van der Waals surface area contributed by atoms with Crippen LogP contribution >= 0.6 is 11.6 Å². The van der Waals surface area contributed by atoms with Crippen LogP contribution in [0, 0.1) is 0 Å². The normalized spacial score (nSPS) is 10.2. The zero-order chi connectivity index (χ0) is 10.7. The van der Waals surface area contributed by atoms with Crippen LogP contribution in [0.1, 0.15) is 16.1 Å². The number of Topliss-reactive ketones (excluding diaryl/α,β-unsaturated/α-hetero) is 1. The molecule has 0 aliphatic heterocycles. The molecule has 0 saturated heterocycles. The molecular weight excluding hydrogens is 212 g/mol. The van der Waals surface area contributed by atoms with E-state index in [1.165, 1.54) is 0 Å². The smallest absolute Gasteiger partial charge is 0.170 e. The molecule has 0 unspecified atom stereocenters. The van der Waals surface area contributed by atoms with Gasteiger partial charge in [0, 0.05) is 10.6 Å². The molecule has 0 radical (unpaired) electrons. The predicted octanol–water partition coefficient (Wildman–Crippen LogP) is 3.36. The van der Waals surface area contributed by atoms with Crippen LogP contribution in [0.5, 0.6) is 0 Å². The highest BCUT2D eigenvalue weighted by Crippen LogP contribution is 2.13. The maximum absolute atomic E-state index is 11.7. The zero-order valence-corrected chi connectivity index (χ0v) is 8.70. The van der Waals surface area contributed by atoms with Gasteiger partial charge in [0.25, 0.3) is 0 Å². The third-order valence-corrected chi connectivity index (χ3v) is 2.30. The number of hydrogen-bond donors (Lipinski definition) is 0. The topological polar surface area (TPSA) is 30.2 Å². The molecule has 3 heteroatoms. The number of benzene rings is 1. The molecule has 15 heavy (non-hydrogen) atoms. The van der Waals surface area contributed by atoms with Crippen molar-refractivity contribution in [2.75, 3.05) is 0 Å². The lowest BCUT2D eigenvalue weighted by Crippen LogP contribution is -2.02. The Balaban J connectivity index is 2.15. The number of hydrogen-bond acceptors (Lipinski definition) is 2. The van der Waals surface area contributed by atoms with Gasteiger partial charge in [0.1, 0.15) is 5.76 Å². The number of ketones is 1. The van der Waals surface area contributed by atoms with Gasteiger partial charge in [-0.1, -0.05) is 23.7 Å². The second-order valence-electron chi connectivity index (χ2n) is 3.19. The zero-order valence-electron chi connectivity index (χ0n) is 7.94. The van der Waals surface area contributed by atoms with Gasteiger partial charge in [0.2, 0.25) is 0 Å². The van der Waals surface area contributed by atoms with Crippen LogP contribution in [0.4, 0.5) is 0 Å². The number of carbonyl (C=O) groups excluding carboxylic acids is 1. The monoisotopic (exact) mass is 220 g/mol. The predicted molar refractivity (Wildman–Crippen MR) is 58.2 cm³/mol. The average molecular weight is 221 g/mol. The Bertz CT molecular complexity index is 460. The van der Waals surface area contributed by atoms with E-state index < -0.39 is 0 Å². The van der Waals surface area contributed by atoms with Crippen molar-refractivity contribution < 1.29 is 9.21 Å². The van der Waals surface area contributed by atoms with Gasteiger partial charge < -0.3 is 4.42 Å². The van der Waals surface area contributed by atoms with Crippen LogP contribution in [0.2, 0.25) is 5.02 Å². The summed E-state index contributed by atoms with van der Waals surface area (Å²) in [6.07, 6.45) is 1.83. The van der Waals surface area contributed by atoms with Gasteiger partial charge in [-0.3, -0.25) is 4.79 Å². The Labute approximate surface area is 92.5 Å². The highest BCUT2D eigenvalue weighted by Gasteiger charge is 2.08. The average Bonchev–Trinajstić information content (AvgIpc) is 2.70. The number of furan rings is 1. The molecule has 2 aromatic rings. The lowest BCUT2D eigenvalue weighted by atomic mass is 10.1. The van der Waals surface area contributed by atoms with Gasteiger partial charge in [0.15, 0.2) is 5.78 Å². The number of carbonyl (C=O) groups is 1. The summed E-state index contributed by atoms with van der Waals surface area (Å²) in [5.74, 6) is 0.674. The largest absolute Gasteiger partial charge is 0.469 e. The van der Waals surface area contributed by atoms with Gasteiger partial charge in [-0.25, -0.2) is 0 Å². The van der Waals surface area contributed by atoms with Crippen molar-refractivity contribution in [3.05, 3.63) is 59.0 Å². The molecule has 2 nitrogen and oxygen atoms in total. The van der Waals surface area contributed by atoms with E-state index in [1.54, 1.807) is 42.7 Å². The van der Waals surface area contributed by atoms with Gasteiger partial charge in [-0.05, 0) is 24.3 Å². The molecule has 0 aliphatic carbocycles. The molecular formula is C12H9ClO2. The number of rotatable bonds is 3. The Kier molecular flexibility index (Phi) is 2.88. The van der Waals surface area contributed by atoms with Crippen LogP contribution in [0.25, 0.3) is 0 Å². The van der Waals surface area contributed by atoms with E-state index in [0.717, 1.165) is 0 Å². The highest BCUT2D eigenvalue weighted by molar-refractivity contribution is 6.31. The van der Waals surface area contributed by atoms with Crippen LogP contribution < -0.4 is 0 Å². The van der Waals surface area contributed by atoms with Crippen LogP contribution in [-0.2, 0) is 6.42 Å². The van der Waals surface area contributed by atoms with E-state index in [1.807, 2.05) is 0 Å². The molecule has 0 fully saturated rings. The van der Waals surface area contributed by atoms with E-state index >= 15 is 0 Å². The first-order valence-corrected chi connectivity index (χ1v) is 4.94. The third kappa shape index (κ3) is 2.48. The van der Waals surface area contributed by atoms with E-state index in [4.69, 9.17) is 16.0 Å². The maximum Gasteiger partial charge on any atom is 0.170 e. The molecule has 1 aromatic carbocycles. The fourth-order valence-electron chi connectivity index (χ4n) is 1.34. The molecule has 0 spiro atoms. The maximum atomic E-state index is 11.7. The van der Waals surface area contributed by atoms with Crippen molar-refractivity contribution in [3.63, 3.8) is 0 Å². The third-order valence-electron chi connectivity index (χ3n) is 2.06. The Morgan fingerprint density at radius 1 is 1.27 bits per heavy atom. The van der Waals surface area contributed by atoms with Crippen molar-refractivity contribution in [1.82, 2.24) is 0 Å². The van der Waals surface area contributed by atoms with Crippen molar-refractivity contribution >= 4 is 17.4 Å². The lowest BCUT2D eigenvalue weighted by molar-refractivity contribution is 0.0987. The molecule has 0 saturated carbocycles.